The third kappa shape index (κ3) is 3.18. The van der Waals surface area contributed by atoms with Gasteiger partial charge in [0.2, 0.25) is 0 Å². The molecule has 1 aliphatic rings. The molecule has 0 saturated carbocycles. The Balaban J connectivity index is 1.80. The second kappa shape index (κ2) is 7.05. The van der Waals surface area contributed by atoms with E-state index in [0.717, 1.165) is 30.4 Å². The fraction of sp³-hybridized carbons (Fsp3) is 0.316. The van der Waals surface area contributed by atoms with Crippen LogP contribution in [0.3, 0.4) is 0 Å². The minimum absolute atomic E-state index is 0.112. The molecule has 2 N–H and O–H groups in total. The number of rotatable bonds is 3. The van der Waals surface area contributed by atoms with Gasteiger partial charge in [0.25, 0.3) is 0 Å². The summed E-state index contributed by atoms with van der Waals surface area (Å²) >= 11 is 6.10. The number of halogens is 1. The summed E-state index contributed by atoms with van der Waals surface area (Å²) in [7, 11) is 0. The molecular weight excluding hydrogens is 352 g/mol. The molecule has 0 spiro atoms. The zero-order valence-corrected chi connectivity index (χ0v) is 15.1. The van der Waals surface area contributed by atoms with Crippen LogP contribution in [0.25, 0.3) is 22.0 Å². The molecule has 4 rings (SSSR count). The number of ether oxygens (including phenoxy) is 1. The van der Waals surface area contributed by atoms with Crippen LogP contribution in [0, 0.1) is 5.92 Å². The second-order valence-electron chi connectivity index (χ2n) is 6.57. The second-order valence-corrected chi connectivity index (χ2v) is 7.01. The Labute approximate surface area is 156 Å². The van der Waals surface area contributed by atoms with Crippen LogP contribution in [0.15, 0.2) is 36.7 Å². The third-order valence-electron chi connectivity index (χ3n) is 4.76. The van der Waals surface area contributed by atoms with E-state index < -0.39 is 0 Å². The number of aromatic hydroxyl groups is 1. The van der Waals surface area contributed by atoms with E-state index in [4.69, 9.17) is 16.3 Å². The molecule has 26 heavy (non-hydrogen) atoms. The van der Waals surface area contributed by atoms with Gasteiger partial charge >= 0.3 is 0 Å². The maximum Gasteiger partial charge on any atom is 0.158 e. The molecule has 0 bridgehead atoms. The predicted octanol–water partition coefficient (Wildman–Crippen LogP) is 3.89. The van der Waals surface area contributed by atoms with Gasteiger partial charge < -0.3 is 15.2 Å². The van der Waals surface area contributed by atoms with E-state index in [2.05, 4.69) is 27.4 Å². The van der Waals surface area contributed by atoms with Gasteiger partial charge in [-0.3, -0.25) is 4.98 Å². The minimum Gasteiger partial charge on any atom is -0.507 e. The summed E-state index contributed by atoms with van der Waals surface area (Å²) in [5.41, 5.74) is 1.13. The first kappa shape index (κ1) is 17.0. The number of phenols is 1. The van der Waals surface area contributed by atoms with Crippen LogP contribution in [-0.4, -0.2) is 39.5 Å². The first-order chi connectivity index (χ1) is 12.6. The van der Waals surface area contributed by atoms with E-state index in [1.165, 1.54) is 0 Å². The van der Waals surface area contributed by atoms with Crippen molar-refractivity contribution in [3.8, 4) is 17.0 Å². The molecule has 3 heterocycles. The molecule has 0 amide bonds. The highest BCUT2D eigenvalue weighted by Crippen LogP contribution is 2.36. The van der Waals surface area contributed by atoms with Gasteiger partial charge in [-0.15, -0.1) is 10.2 Å². The van der Waals surface area contributed by atoms with Gasteiger partial charge in [0.1, 0.15) is 11.4 Å². The van der Waals surface area contributed by atoms with Gasteiger partial charge in [-0.25, -0.2) is 0 Å². The lowest BCUT2D eigenvalue weighted by atomic mass is 9.97. The summed E-state index contributed by atoms with van der Waals surface area (Å²) in [5.74, 6) is 1.19. The van der Waals surface area contributed by atoms with Gasteiger partial charge in [-0.1, -0.05) is 18.5 Å². The topological polar surface area (TPSA) is 80.2 Å². The van der Waals surface area contributed by atoms with E-state index in [-0.39, 0.29) is 11.8 Å². The van der Waals surface area contributed by atoms with E-state index in [1.807, 2.05) is 6.07 Å². The average Bonchev–Trinajstić information content (AvgIpc) is 2.66. The highest BCUT2D eigenvalue weighted by molar-refractivity contribution is 6.31. The molecule has 1 saturated heterocycles. The molecule has 0 unspecified atom stereocenters. The van der Waals surface area contributed by atoms with Crippen molar-refractivity contribution in [2.45, 2.75) is 19.4 Å². The lowest BCUT2D eigenvalue weighted by Crippen LogP contribution is -2.36. The Kier molecular flexibility index (Phi) is 4.61. The maximum absolute atomic E-state index is 10.2. The fourth-order valence-electron chi connectivity index (χ4n) is 3.27. The number of nitrogens with one attached hydrogen (secondary N) is 1. The number of anilines is 1. The van der Waals surface area contributed by atoms with E-state index in [9.17, 15) is 5.11 Å². The largest absolute Gasteiger partial charge is 0.507 e. The van der Waals surface area contributed by atoms with Crippen molar-refractivity contribution in [3.63, 3.8) is 0 Å². The molecule has 1 fully saturated rings. The molecule has 2 atom stereocenters. The molecule has 7 heteroatoms. The van der Waals surface area contributed by atoms with Crippen molar-refractivity contribution in [1.82, 2.24) is 15.2 Å². The van der Waals surface area contributed by atoms with E-state index >= 15 is 0 Å². The number of aromatic nitrogens is 3. The monoisotopic (exact) mass is 370 g/mol. The van der Waals surface area contributed by atoms with Crippen molar-refractivity contribution < 1.29 is 9.84 Å². The normalized spacial score (nSPS) is 20.2. The van der Waals surface area contributed by atoms with E-state index in [0.29, 0.717) is 28.0 Å². The van der Waals surface area contributed by atoms with Crippen molar-refractivity contribution >= 4 is 28.2 Å². The van der Waals surface area contributed by atoms with Gasteiger partial charge in [0, 0.05) is 46.4 Å². The zero-order valence-electron chi connectivity index (χ0n) is 14.3. The number of phenolic OH excluding ortho intramolecular Hbond substituents is 1. The zero-order chi connectivity index (χ0) is 18.1. The number of nitrogens with zero attached hydrogens (tertiary/aromatic N) is 3. The Morgan fingerprint density at radius 2 is 2.12 bits per heavy atom. The summed E-state index contributed by atoms with van der Waals surface area (Å²) in [6, 6.07) is 7.03. The summed E-state index contributed by atoms with van der Waals surface area (Å²) in [4.78, 5) is 4.24. The Morgan fingerprint density at radius 3 is 2.96 bits per heavy atom. The number of fused-ring (bicyclic) bond motifs is 1. The Bertz CT molecular complexity index is 950. The predicted molar refractivity (Wildman–Crippen MR) is 101 cm³/mol. The number of pyridine rings is 1. The van der Waals surface area contributed by atoms with Crippen LogP contribution in [0.5, 0.6) is 5.75 Å². The third-order valence-corrected chi connectivity index (χ3v) is 4.99. The Hall–Kier alpha value is -2.44. The molecular formula is C19H19ClN4O2. The van der Waals surface area contributed by atoms with E-state index in [1.54, 1.807) is 30.6 Å². The molecule has 3 aromatic rings. The summed E-state index contributed by atoms with van der Waals surface area (Å²) in [6.07, 6.45) is 4.39. The average molecular weight is 371 g/mol. The van der Waals surface area contributed by atoms with Gasteiger partial charge in [0.15, 0.2) is 5.82 Å². The molecule has 2 aromatic heterocycles. The number of hydrogen-bond acceptors (Lipinski definition) is 6. The molecule has 1 aromatic carbocycles. The molecule has 0 aliphatic carbocycles. The number of hydrogen-bond donors (Lipinski definition) is 2. The minimum atomic E-state index is 0.112. The summed E-state index contributed by atoms with van der Waals surface area (Å²) in [6.45, 7) is 3.62. The molecule has 134 valence electrons. The fourth-order valence-corrected chi connectivity index (χ4v) is 3.44. The van der Waals surface area contributed by atoms with Crippen LogP contribution in [0.2, 0.25) is 5.02 Å². The molecule has 0 radical (unpaired) electrons. The highest BCUT2D eigenvalue weighted by Gasteiger charge is 2.23. The van der Waals surface area contributed by atoms with Crippen molar-refractivity contribution in [2.75, 3.05) is 18.5 Å². The first-order valence-electron chi connectivity index (χ1n) is 8.57. The van der Waals surface area contributed by atoms with Crippen molar-refractivity contribution in [2.24, 2.45) is 5.92 Å². The molecule has 6 nitrogen and oxygen atoms in total. The quantitative estimate of drug-likeness (QED) is 0.728. The van der Waals surface area contributed by atoms with Gasteiger partial charge in [-0.05, 0) is 36.6 Å². The summed E-state index contributed by atoms with van der Waals surface area (Å²) < 4.78 is 5.51. The van der Waals surface area contributed by atoms with Crippen LogP contribution in [-0.2, 0) is 4.74 Å². The van der Waals surface area contributed by atoms with Crippen LogP contribution in [0.4, 0.5) is 5.82 Å². The smallest absolute Gasteiger partial charge is 0.158 e. The highest BCUT2D eigenvalue weighted by atomic mass is 35.5. The summed E-state index contributed by atoms with van der Waals surface area (Å²) in [5, 5.41) is 24.7. The van der Waals surface area contributed by atoms with Gasteiger partial charge in [0.05, 0.1) is 6.61 Å². The van der Waals surface area contributed by atoms with Crippen molar-refractivity contribution in [3.05, 3.63) is 41.7 Å². The lowest BCUT2D eigenvalue weighted by molar-refractivity contribution is 0.0537. The molecule has 1 aliphatic heterocycles. The van der Waals surface area contributed by atoms with Crippen LogP contribution >= 0.6 is 11.6 Å². The van der Waals surface area contributed by atoms with Gasteiger partial charge in [-0.2, -0.15) is 0 Å². The Morgan fingerprint density at radius 1 is 1.23 bits per heavy atom. The maximum atomic E-state index is 10.2. The van der Waals surface area contributed by atoms with Crippen LogP contribution in [0.1, 0.15) is 13.3 Å². The lowest BCUT2D eigenvalue weighted by Gasteiger charge is -2.30. The number of benzene rings is 1. The van der Waals surface area contributed by atoms with Crippen molar-refractivity contribution in [1.29, 1.82) is 0 Å². The first-order valence-corrected chi connectivity index (χ1v) is 8.95. The SMILES string of the molecule is C[C@@H]1COCC[C@H]1Nc1nnc(-c2cc(Cl)ccc2O)c2ccncc12. The standard InChI is InChI=1S/C19H19ClN4O2/c1-11-10-26-7-5-16(11)22-19-15-9-21-6-4-13(15)18(23-24-19)14-8-12(20)2-3-17(14)25/h2-4,6,8-9,11,16,25H,5,7,10H2,1H3,(H,22,24)/t11-,16-/m1/s1. The van der Waals surface area contributed by atoms with Crippen LogP contribution < -0.4 is 5.32 Å².